The normalized spacial score (nSPS) is 14.8. The molecule has 0 amide bonds. The first-order valence-electron chi connectivity index (χ1n) is 12.8. The van der Waals surface area contributed by atoms with Crippen molar-refractivity contribution < 1.29 is 13.5 Å². The number of thiazole rings is 1. The number of methoxy groups -OCH3 is 1. The standard InChI is InChI=1S/C30H31F2N3O2S/c1-19-5-4-6-20(2)28(19)35-18-22(7-10-26(35)36)27-29(24-9-8-23(31)17-25(24)32)38-30(33-27)21-11-13-34(14-12-21)15-16-37-3/h4-10,17-18,21H,11-16H2,1-3H3. The van der Waals surface area contributed by atoms with Gasteiger partial charge in [0.15, 0.2) is 0 Å². The lowest BCUT2D eigenvalue weighted by atomic mass is 9.97. The van der Waals surface area contributed by atoms with Crippen molar-refractivity contribution in [1.82, 2.24) is 14.5 Å². The Morgan fingerprint density at radius 1 is 1.05 bits per heavy atom. The summed E-state index contributed by atoms with van der Waals surface area (Å²) in [7, 11) is 1.71. The van der Waals surface area contributed by atoms with Crippen molar-refractivity contribution in [1.29, 1.82) is 0 Å². The lowest BCUT2D eigenvalue weighted by Gasteiger charge is -2.30. The fraction of sp³-hybridized carbons (Fsp3) is 0.333. The van der Waals surface area contributed by atoms with Crippen LogP contribution in [0.1, 0.15) is 34.9 Å². The van der Waals surface area contributed by atoms with E-state index in [-0.39, 0.29) is 11.5 Å². The zero-order valence-electron chi connectivity index (χ0n) is 21.8. The van der Waals surface area contributed by atoms with Gasteiger partial charge in [-0.25, -0.2) is 13.8 Å². The predicted octanol–water partition coefficient (Wildman–Crippen LogP) is 6.35. The molecule has 2 aromatic heterocycles. The van der Waals surface area contributed by atoms with Gasteiger partial charge in [0.1, 0.15) is 11.6 Å². The maximum atomic E-state index is 15.0. The first kappa shape index (κ1) is 26.4. The zero-order valence-corrected chi connectivity index (χ0v) is 22.7. The monoisotopic (exact) mass is 535 g/mol. The second kappa shape index (κ2) is 11.3. The van der Waals surface area contributed by atoms with Crippen molar-refractivity contribution in [2.45, 2.75) is 32.6 Å². The molecule has 1 aliphatic rings. The van der Waals surface area contributed by atoms with Gasteiger partial charge >= 0.3 is 0 Å². The minimum Gasteiger partial charge on any atom is -0.383 e. The van der Waals surface area contributed by atoms with E-state index < -0.39 is 11.6 Å². The van der Waals surface area contributed by atoms with Gasteiger partial charge in [-0.1, -0.05) is 18.2 Å². The van der Waals surface area contributed by atoms with Gasteiger partial charge in [-0.2, -0.15) is 0 Å². The number of aryl methyl sites for hydroxylation is 2. The minimum atomic E-state index is -0.626. The highest BCUT2D eigenvalue weighted by Gasteiger charge is 2.26. The van der Waals surface area contributed by atoms with Crippen molar-refractivity contribution in [3.8, 4) is 27.4 Å². The third-order valence-electron chi connectivity index (χ3n) is 7.23. The Bertz CT molecular complexity index is 1490. The lowest BCUT2D eigenvalue weighted by Crippen LogP contribution is -2.35. The van der Waals surface area contributed by atoms with Crippen molar-refractivity contribution in [3.63, 3.8) is 0 Å². The average molecular weight is 536 g/mol. The van der Waals surface area contributed by atoms with Crippen molar-refractivity contribution in [2.75, 3.05) is 33.4 Å². The number of nitrogens with zero attached hydrogens (tertiary/aromatic N) is 3. The smallest absolute Gasteiger partial charge is 0.255 e. The van der Waals surface area contributed by atoms with E-state index in [4.69, 9.17) is 9.72 Å². The van der Waals surface area contributed by atoms with Gasteiger partial charge in [0.05, 0.1) is 27.9 Å². The molecule has 1 saturated heterocycles. The average Bonchev–Trinajstić information content (AvgIpc) is 3.34. The fourth-order valence-electron chi connectivity index (χ4n) is 5.17. The summed E-state index contributed by atoms with van der Waals surface area (Å²) in [6, 6.07) is 12.8. The van der Waals surface area contributed by atoms with Crippen LogP contribution in [0.25, 0.3) is 27.4 Å². The van der Waals surface area contributed by atoms with Gasteiger partial charge in [-0.15, -0.1) is 11.3 Å². The molecule has 0 radical (unpaired) electrons. The SMILES string of the molecule is COCCN1CCC(c2nc(-c3ccc(=O)n(-c4c(C)cccc4C)c3)c(-c3ccc(F)cc3F)s2)CC1. The van der Waals surface area contributed by atoms with Crippen molar-refractivity contribution in [3.05, 3.63) is 92.9 Å². The molecule has 0 unspecified atom stereocenters. The number of rotatable bonds is 7. The number of aromatic nitrogens is 2. The van der Waals surface area contributed by atoms with Gasteiger partial charge in [0.25, 0.3) is 5.56 Å². The van der Waals surface area contributed by atoms with E-state index in [0.717, 1.165) is 60.4 Å². The maximum absolute atomic E-state index is 15.0. The van der Waals surface area contributed by atoms with Crippen LogP contribution in [0, 0.1) is 25.5 Å². The molecule has 0 bridgehead atoms. The lowest BCUT2D eigenvalue weighted by molar-refractivity contribution is 0.130. The topological polar surface area (TPSA) is 47.4 Å². The summed E-state index contributed by atoms with van der Waals surface area (Å²) >= 11 is 1.46. The molecule has 0 N–H and O–H groups in total. The molecule has 0 spiro atoms. The van der Waals surface area contributed by atoms with Crippen LogP contribution in [0.2, 0.25) is 0 Å². The fourth-order valence-corrected chi connectivity index (χ4v) is 6.46. The summed E-state index contributed by atoms with van der Waals surface area (Å²) in [4.78, 5) is 21.0. The van der Waals surface area contributed by atoms with Gasteiger partial charge < -0.3 is 9.64 Å². The molecule has 8 heteroatoms. The minimum absolute atomic E-state index is 0.153. The maximum Gasteiger partial charge on any atom is 0.255 e. The van der Waals surface area contributed by atoms with Crippen LogP contribution in [0.3, 0.4) is 0 Å². The molecule has 198 valence electrons. The summed E-state index contributed by atoms with van der Waals surface area (Å²) in [5.41, 5.74) is 4.27. The van der Waals surface area contributed by atoms with E-state index in [0.29, 0.717) is 28.3 Å². The first-order valence-corrected chi connectivity index (χ1v) is 13.6. The highest BCUT2D eigenvalue weighted by Crippen LogP contribution is 2.42. The zero-order chi connectivity index (χ0) is 26.8. The largest absolute Gasteiger partial charge is 0.383 e. The van der Waals surface area contributed by atoms with E-state index in [9.17, 15) is 9.18 Å². The molecule has 0 aliphatic carbocycles. The molecule has 1 aliphatic heterocycles. The third-order valence-corrected chi connectivity index (χ3v) is 8.48. The molecule has 1 fully saturated rings. The van der Waals surface area contributed by atoms with E-state index in [2.05, 4.69) is 4.90 Å². The molecule has 0 atom stereocenters. The molecular weight excluding hydrogens is 504 g/mol. The number of halogens is 2. The molecule has 3 heterocycles. The number of benzene rings is 2. The Balaban J connectivity index is 1.59. The number of para-hydroxylation sites is 1. The van der Waals surface area contributed by atoms with Crippen molar-refractivity contribution >= 4 is 11.3 Å². The van der Waals surface area contributed by atoms with E-state index in [1.807, 2.05) is 32.0 Å². The Labute approximate surface area is 225 Å². The summed E-state index contributed by atoms with van der Waals surface area (Å²) in [6.45, 7) is 7.44. The third kappa shape index (κ3) is 5.34. The highest BCUT2D eigenvalue weighted by atomic mass is 32.1. The van der Waals surface area contributed by atoms with E-state index in [1.165, 1.54) is 29.5 Å². The molecular formula is C30H31F2N3O2S. The van der Waals surface area contributed by atoms with Crippen LogP contribution >= 0.6 is 11.3 Å². The number of hydrogen-bond acceptors (Lipinski definition) is 5. The second-order valence-corrected chi connectivity index (χ2v) is 10.9. The highest BCUT2D eigenvalue weighted by molar-refractivity contribution is 7.15. The van der Waals surface area contributed by atoms with Crippen LogP contribution in [-0.4, -0.2) is 47.8 Å². The molecule has 4 aromatic rings. The molecule has 0 saturated carbocycles. The number of piperidine rings is 1. The summed E-state index contributed by atoms with van der Waals surface area (Å²) in [6.07, 6.45) is 3.68. The quantitative estimate of drug-likeness (QED) is 0.277. The van der Waals surface area contributed by atoms with Gasteiger partial charge in [-0.05, 0) is 69.1 Å². The van der Waals surface area contributed by atoms with Crippen LogP contribution in [0.4, 0.5) is 8.78 Å². The van der Waals surface area contributed by atoms with E-state index in [1.54, 1.807) is 23.9 Å². The number of hydrogen-bond donors (Lipinski definition) is 0. The van der Waals surface area contributed by atoms with Gasteiger partial charge in [0.2, 0.25) is 0 Å². The van der Waals surface area contributed by atoms with Crippen LogP contribution in [0.5, 0.6) is 0 Å². The Hall–Kier alpha value is -3.20. The predicted molar refractivity (Wildman–Crippen MR) is 148 cm³/mol. The van der Waals surface area contributed by atoms with Crippen LogP contribution in [-0.2, 0) is 4.74 Å². The molecule has 2 aromatic carbocycles. The Morgan fingerprint density at radius 3 is 2.47 bits per heavy atom. The first-order chi connectivity index (χ1) is 18.4. The summed E-state index contributed by atoms with van der Waals surface area (Å²) in [5, 5.41) is 0.940. The summed E-state index contributed by atoms with van der Waals surface area (Å²) < 4.78 is 35.7. The summed E-state index contributed by atoms with van der Waals surface area (Å²) in [5.74, 6) is -0.997. The Morgan fingerprint density at radius 2 is 1.79 bits per heavy atom. The number of ether oxygens (including phenoxy) is 1. The second-order valence-electron chi connectivity index (χ2n) is 9.83. The Kier molecular flexibility index (Phi) is 7.83. The van der Waals surface area contributed by atoms with E-state index >= 15 is 4.39 Å². The van der Waals surface area contributed by atoms with Crippen LogP contribution in [0.15, 0.2) is 59.5 Å². The van der Waals surface area contributed by atoms with Gasteiger partial charge in [-0.3, -0.25) is 9.36 Å². The molecule has 38 heavy (non-hydrogen) atoms. The molecule has 5 nitrogen and oxygen atoms in total. The number of likely N-dealkylation sites (tertiary alicyclic amines) is 1. The van der Waals surface area contributed by atoms with Gasteiger partial charge in [0, 0.05) is 49.0 Å². The molecule has 5 rings (SSSR count). The number of pyridine rings is 1. The van der Waals surface area contributed by atoms with Crippen molar-refractivity contribution in [2.24, 2.45) is 0 Å². The van der Waals surface area contributed by atoms with Crippen LogP contribution < -0.4 is 5.56 Å².